The van der Waals surface area contributed by atoms with Crippen LogP contribution in [-0.2, 0) is 6.54 Å². The first-order valence-corrected chi connectivity index (χ1v) is 10.5. The molecule has 0 bridgehead atoms. The van der Waals surface area contributed by atoms with E-state index in [9.17, 15) is 8.78 Å². The first-order chi connectivity index (χ1) is 16.0. The summed E-state index contributed by atoms with van der Waals surface area (Å²) in [5.41, 5.74) is 4.93. The fraction of sp³-hybridized carbons (Fsp3) is 0.167. The molecule has 7 nitrogen and oxygen atoms in total. The Morgan fingerprint density at radius 3 is 2.45 bits per heavy atom. The van der Waals surface area contributed by atoms with E-state index in [0.717, 1.165) is 34.1 Å². The van der Waals surface area contributed by atoms with Crippen molar-refractivity contribution in [2.24, 2.45) is 0 Å². The van der Waals surface area contributed by atoms with Crippen LogP contribution in [0.3, 0.4) is 0 Å². The molecule has 3 heterocycles. The lowest BCUT2D eigenvalue weighted by Gasteiger charge is -2.05. The van der Waals surface area contributed by atoms with Crippen LogP contribution in [0.4, 0.5) is 14.5 Å². The van der Waals surface area contributed by atoms with Gasteiger partial charge < -0.3 is 10.3 Å². The molecular weight excluding hydrogens is 424 g/mol. The van der Waals surface area contributed by atoms with Crippen molar-refractivity contribution in [3.8, 4) is 22.6 Å². The molecule has 2 N–H and O–H groups in total. The number of anilines is 1. The number of aromatic amines is 1. The van der Waals surface area contributed by atoms with Gasteiger partial charge in [-0.3, -0.25) is 14.6 Å². The van der Waals surface area contributed by atoms with Crippen molar-refractivity contribution in [3.63, 3.8) is 0 Å². The van der Waals surface area contributed by atoms with Gasteiger partial charge in [-0.2, -0.15) is 5.10 Å². The molecule has 0 aliphatic heterocycles. The standard InChI is InChI=1S/C24H21F2N7/c1-14(2)33-8-5-20(32-33)24-23(15-3-4-19-21(9-15)28-7-6-27-19)30-22(31-24)13-29-18-11-16(25)10-17(26)12-18/h3-12,14,29H,13H2,1-2H3,(H,30,31). The minimum absolute atomic E-state index is 0.213. The number of benzene rings is 2. The molecule has 166 valence electrons. The normalized spacial score (nSPS) is 11.4. The van der Waals surface area contributed by atoms with Crippen LogP contribution in [0.2, 0.25) is 0 Å². The number of imidazole rings is 1. The lowest BCUT2D eigenvalue weighted by Crippen LogP contribution is -2.02. The number of aromatic nitrogens is 6. The van der Waals surface area contributed by atoms with Gasteiger partial charge in [-0.25, -0.2) is 13.8 Å². The molecule has 0 fully saturated rings. The Kier molecular flexibility index (Phi) is 5.29. The molecule has 0 radical (unpaired) electrons. The van der Waals surface area contributed by atoms with Gasteiger partial charge >= 0.3 is 0 Å². The summed E-state index contributed by atoms with van der Waals surface area (Å²) in [5.74, 6) is -0.687. The first kappa shape index (κ1) is 20.7. The highest BCUT2D eigenvalue weighted by Crippen LogP contribution is 2.31. The average molecular weight is 445 g/mol. The lowest BCUT2D eigenvalue weighted by molar-refractivity contribution is 0.534. The molecule has 0 aliphatic rings. The van der Waals surface area contributed by atoms with Crippen LogP contribution in [0.5, 0.6) is 0 Å². The summed E-state index contributed by atoms with van der Waals surface area (Å²) < 4.78 is 28.9. The van der Waals surface area contributed by atoms with Crippen molar-refractivity contribution in [3.05, 3.63) is 78.5 Å². The van der Waals surface area contributed by atoms with E-state index in [-0.39, 0.29) is 12.6 Å². The van der Waals surface area contributed by atoms with Gasteiger partial charge in [0.1, 0.15) is 23.2 Å². The van der Waals surface area contributed by atoms with E-state index < -0.39 is 11.6 Å². The predicted molar refractivity (Wildman–Crippen MR) is 122 cm³/mol. The van der Waals surface area contributed by atoms with E-state index in [4.69, 9.17) is 4.98 Å². The number of halogens is 2. The highest BCUT2D eigenvalue weighted by atomic mass is 19.1. The minimum Gasteiger partial charge on any atom is -0.378 e. The summed E-state index contributed by atoms with van der Waals surface area (Å²) in [6, 6.07) is 11.2. The van der Waals surface area contributed by atoms with E-state index in [2.05, 4.69) is 39.2 Å². The fourth-order valence-electron chi connectivity index (χ4n) is 3.61. The second-order valence-electron chi connectivity index (χ2n) is 7.95. The summed E-state index contributed by atoms with van der Waals surface area (Å²) >= 11 is 0. The lowest BCUT2D eigenvalue weighted by atomic mass is 10.1. The Morgan fingerprint density at radius 1 is 0.970 bits per heavy atom. The predicted octanol–water partition coefficient (Wildman–Crippen LogP) is 5.35. The maximum Gasteiger partial charge on any atom is 0.128 e. The zero-order valence-corrected chi connectivity index (χ0v) is 18.0. The fourth-order valence-corrected chi connectivity index (χ4v) is 3.61. The van der Waals surface area contributed by atoms with Crippen molar-refractivity contribution in [1.29, 1.82) is 0 Å². The van der Waals surface area contributed by atoms with Crippen LogP contribution in [0.15, 0.2) is 61.1 Å². The van der Waals surface area contributed by atoms with Crippen molar-refractivity contribution >= 4 is 16.7 Å². The van der Waals surface area contributed by atoms with Gasteiger partial charge in [0.05, 0.1) is 29.0 Å². The van der Waals surface area contributed by atoms with Gasteiger partial charge in [-0.05, 0) is 44.2 Å². The smallest absolute Gasteiger partial charge is 0.128 e. The van der Waals surface area contributed by atoms with Crippen LogP contribution in [0.1, 0.15) is 25.7 Å². The van der Waals surface area contributed by atoms with Crippen LogP contribution in [-0.4, -0.2) is 29.7 Å². The van der Waals surface area contributed by atoms with Gasteiger partial charge in [-0.1, -0.05) is 6.07 Å². The van der Waals surface area contributed by atoms with E-state index in [1.165, 1.54) is 12.1 Å². The number of fused-ring (bicyclic) bond motifs is 1. The molecule has 3 aromatic heterocycles. The third kappa shape index (κ3) is 4.30. The summed E-state index contributed by atoms with van der Waals surface area (Å²) in [5, 5.41) is 7.70. The van der Waals surface area contributed by atoms with Crippen molar-refractivity contribution in [2.45, 2.75) is 26.4 Å². The second kappa shape index (κ2) is 8.42. The molecular formula is C24H21F2N7. The summed E-state index contributed by atoms with van der Waals surface area (Å²) in [4.78, 5) is 16.8. The molecule has 33 heavy (non-hydrogen) atoms. The maximum atomic E-state index is 13.5. The minimum atomic E-state index is -0.644. The number of rotatable bonds is 6. The number of hydrogen-bond acceptors (Lipinski definition) is 5. The molecule has 5 aromatic rings. The van der Waals surface area contributed by atoms with Crippen LogP contribution in [0, 0.1) is 11.6 Å². The number of H-pyrrole nitrogens is 1. The molecule has 9 heteroatoms. The van der Waals surface area contributed by atoms with E-state index >= 15 is 0 Å². The van der Waals surface area contributed by atoms with E-state index in [1.54, 1.807) is 12.4 Å². The molecule has 0 unspecified atom stereocenters. The van der Waals surface area contributed by atoms with Crippen molar-refractivity contribution in [2.75, 3.05) is 5.32 Å². The van der Waals surface area contributed by atoms with Crippen molar-refractivity contribution < 1.29 is 8.78 Å². The SMILES string of the molecule is CC(C)n1ccc(-c2[nH]c(CNc3cc(F)cc(F)c3)nc2-c2ccc3nccnc3c2)n1. The van der Waals surface area contributed by atoms with Crippen LogP contribution < -0.4 is 5.32 Å². The Morgan fingerprint density at radius 2 is 1.73 bits per heavy atom. The molecule has 2 aromatic carbocycles. The quantitative estimate of drug-likeness (QED) is 0.368. The van der Waals surface area contributed by atoms with Gasteiger partial charge in [0.25, 0.3) is 0 Å². The van der Waals surface area contributed by atoms with Crippen molar-refractivity contribution in [1.82, 2.24) is 29.7 Å². The average Bonchev–Trinajstić information content (AvgIpc) is 3.44. The molecule has 5 rings (SSSR count). The van der Waals surface area contributed by atoms with Crippen LogP contribution in [0.25, 0.3) is 33.7 Å². The largest absolute Gasteiger partial charge is 0.378 e. The molecule has 0 aliphatic carbocycles. The molecule has 0 amide bonds. The number of nitrogens with one attached hydrogen (secondary N) is 2. The summed E-state index contributed by atoms with van der Waals surface area (Å²) in [6.07, 6.45) is 5.22. The highest BCUT2D eigenvalue weighted by molar-refractivity contribution is 5.84. The molecule has 0 saturated heterocycles. The number of nitrogens with zero attached hydrogens (tertiary/aromatic N) is 5. The van der Waals surface area contributed by atoms with Gasteiger partial charge in [0.2, 0.25) is 0 Å². The zero-order valence-electron chi connectivity index (χ0n) is 18.0. The third-order valence-electron chi connectivity index (χ3n) is 5.21. The summed E-state index contributed by atoms with van der Waals surface area (Å²) in [6.45, 7) is 4.36. The zero-order chi connectivity index (χ0) is 22.9. The second-order valence-corrected chi connectivity index (χ2v) is 7.95. The van der Waals surface area contributed by atoms with E-state index in [0.29, 0.717) is 17.2 Å². The Labute approximate surface area is 188 Å². The first-order valence-electron chi connectivity index (χ1n) is 10.5. The Hall–Kier alpha value is -4.14. The van der Waals surface area contributed by atoms with Crippen LogP contribution >= 0.6 is 0 Å². The van der Waals surface area contributed by atoms with Gasteiger partial charge in [0, 0.05) is 41.9 Å². The van der Waals surface area contributed by atoms with Gasteiger partial charge in [-0.15, -0.1) is 0 Å². The monoisotopic (exact) mass is 445 g/mol. The molecule has 0 saturated carbocycles. The topological polar surface area (TPSA) is 84.3 Å². The Bertz CT molecular complexity index is 1420. The molecule has 0 spiro atoms. The maximum absolute atomic E-state index is 13.5. The van der Waals surface area contributed by atoms with E-state index in [1.807, 2.05) is 35.1 Å². The molecule has 0 atom stereocenters. The van der Waals surface area contributed by atoms with Gasteiger partial charge in [0.15, 0.2) is 0 Å². The third-order valence-corrected chi connectivity index (χ3v) is 5.21. The highest BCUT2D eigenvalue weighted by Gasteiger charge is 2.18. The Balaban J connectivity index is 1.54. The summed E-state index contributed by atoms with van der Waals surface area (Å²) in [7, 11) is 0. The number of hydrogen-bond donors (Lipinski definition) is 2.